The number of hydrogen-bond donors (Lipinski definition) is 0. The van der Waals surface area contributed by atoms with E-state index in [-0.39, 0.29) is 4.87 Å². The van der Waals surface area contributed by atoms with Gasteiger partial charge in [0.1, 0.15) is 0 Å². The van der Waals surface area contributed by atoms with E-state index >= 15 is 0 Å². The minimum atomic E-state index is 0.125. The highest BCUT2D eigenvalue weighted by Gasteiger charge is 2.23. The standard InChI is InChI=1S/C11H23Cl/c1-4-7-10-11(12,8-5-2)9-6-3/h4-10H2,1-3H3. The molecule has 1 heteroatoms. The van der Waals surface area contributed by atoms with Gasteiger partial charge in [0.2, 0.25) is 0 Å². The van der Waals surface area contributed by atoms with Crippen molar-refractivity contribution in [1.29, 1.82) is 0 Å². The Kier molecular flexibility index (Phi) is 6.93. The van der Waals surface area contributed by atoms with Crippen LogP contribution in [0.5, 0.6) is 0 Å². The predicted octanol–water partition coefficient (Wildman–Crippen LogP) is 4.75. The molecule has 0 unspecified atom stereocenters. The second-order valence-electron chi connectivity index (χ2n) is 3.75. The summed E-state index contributed by atoms with van der Waals surface area (Å²) in [5, 5.41) is 0. The quantitative estimate of drug-likeness (QED) is 0.508. The van der Waals surface area contributed by atoms with E-state index in [1.165, 1.54) is 44.9 Å². The summed E-state index contributed by atoms with van der Waals surface area (Å²) < 4.78 is 0. The van der Waals surface area contributed by atoms with Crippen LogP contribution in [0.4, 0.5) is 0 Å². The van der Waals surface area contributed by atoms with Crippen LogP contribution in [-0.2, 0) is 0 Å². The van der Waals surface area contributed by atoms with Crippen molar-refractivity contribution in [3.8, 4) is 0 Å². The molecule has 0 aromatic heterocycles. The summed E-state index contributed by atoms with van der Waals surface area (Å²) in [4.78, 5) is 0.125. The molecule has 0 saturated carbocycles. The van der Waals surface area contributed by atoms with E-state index in [0.29, 0.717) is 0 Å². The molecule has 0 aromatic rings. The molecule has 0 heterocycles. The summed E-state index contributed by atoms with van der Waals surface area (Å²) in [6.07, 6.45) is 8.54. The minimum absolute atomic E-state index is 0.125. The lowest BCUT2D eigenvalue weighted by Gasteiger charge is -2.26. The summed E-state index contributed by atoms with van der Waals surface area (Å²) in [6.45, 7) is 6.67. The molecule has 0 radical (unpaired) electrons. The Hall–Kier alpha value is 0.290. The first-order chi connectivity index (χ1) is 5.68. The fourth-order valence-electron chi connectivity index (χ4n) is 1.76. The van der Waals surface area contributed by atoms with Gasteiger partial charge in [-0.25, -0.2) is 0 Å². The average Bonchev–Trinajstić information content (AvgIpc) is 2.02. The Morgan fingerprint density at radius 3 is 1.67 bits per heavy atom. The fraction of sp³-hybridized carbons (Fsp3) is 1.00. The first-order valence-electron chi connectivity index (χ1n) is 5.37. The number of hydrogen-bond acceptors (Lipinski definition) is 0. The summed E-state index contributed by atoms with van der Waals surface area (Å²) in [5.41, 5.74) is 0. The van der Waals surface area contributed by atoms with Crippen molar-refractivity contribution in [2.75, 3.05) is 0 Å². The molecule has 0 atom stereocenters. The Labute approximate surface area is 82.7 Å². The molecule has 74 valence electrons. The molecule has 0 N–H and O–H groups in total. The van der Waals surface area contributed by atoms with Gasteiger partial charge >= 0.3 is 0 Å². The molecule has 0 rings (SSSR count). The topological polar surface area (TPSA) is 0 Å². The lowest BCUT2D eigenvalue weighted by molar-refractivity contribution is 0.433. The Balaban J connectivity index is 3.80. The molecule has 0 bridgehead atoms. The monoisotopic (exact) mass is 190 g/mol. The van der Waals surface area contributed by atoms with Gasteiger partial charge in [0.05, 0.1) is 0 Å². The van der Waals surface area contributed by atoms with Crippen LogP contribution in [0.1, 0.15) is 65.7 Å². The maximum absolute atomic E-state index is 6.52. The third-order valence-corrected chi connectivity index (χ3v) is 2.94. The lowest BCUT2D eigenvalue weighted by atomic mass is 9.92. The molecule has 0 fully saturated rings. The molecule has 0 saturated heterocycles. The van der Waals surface area contributed by atoms with Gasteiger partial charge in [-0.05, 0) is 19.3 Å². The average molecular weight is 191 g/mol. The summed E-state index contributed by atoms with van der Waals surface area (Å²) >= 11 is 6.52. The van der Waals surface area contributed by atoms with E-state index in [1.54, 1.807) is 0 Å². The van der Waals surface area contributed by atoms with Gasteiger partial charge in [0, 0.05) is 4.87 Å². The lowest BCUT2D eigenvalue weighted by Crippen LogP contribution is -2.20. The van der Waals surface area contributed by atoms with Gasteiger partial charge in [0.25, 0.3) is 0 Å². The van der Waals surface area contributed by atoms with Crippen molar-refractivity contribution in [1.82, 2.24) is 0 Å². The van der Waals surface area contributed by atoms with Gasteiger partial charge in [-0.15, -0.1) is 11.6 Å². The highest BCUT2D eigenvalue weighted by atomic mass is 35.5. The van der Waals surface area contributed by atoms with E-state index < -0.39 is 0 Å². The van der Waals surface area contributed by atoms with Gasteiger partial charge in [0.15, 0.2) is 0 Å². The summed E-state index contributed by atoms with van der Waals surface area (Å²) in [7, 11) is 0. The van der Waals surface area contributed by atoms with E-state index in [1.807, 2.05) is 0 Å². The van der Waals surface area contributed by atoms with Crippen LogP contribution >= 0.6 is 11.6 Å². The Bertz CT molecular complexity index is 93.2. The van der Waals surface area contributed by atoms with Crippen LogP contribution in [0.25, 0.3) is 0 Å². The van der Waals surface area contributed by atoms with Crippen LogP contribution in [0, 0.1) is 0 Å². The summed E-state index contributed by atoms with van der Waals surface area (Å²) in [6, 6.07) is 0. The molecule has 0 spiro atoms. The SMILES string of the molecule is CCCCC(Cl)(CCC)CCC. The van der Waals surface area contributed by atoms with Crippen LogP contribution in [-0.4, -0.2) is 4.87 Å². The number of unbranched alkanes of at least 4 members (excludes halogenated alkanes) is 1. The van der Waals surface area contributed by atoms with Crippen molar-refractivity contribution >= 4 is 11.6 Å². The minimum Gasteiger partial charge on any atom is -0.119 e. The van der Waals surface area contributed by atoms with Crippen molar-refractivity contribution in [2.45, 2.75) is 70.6 Å². The number of alkyl halides is 1. The van der Waals surface area contributed by atoms with E-state index in [9.17, 15) is 0 Å². The van der Waals surface area contributed by atoms with Crippen molar-refractivity contribution in [2.24, 2.45) is 0 Å². The highest BCUT2D eigenvalue weighted by molar-refractivity contribution is 6.23. The molecule has 0 aliphatic carbocycles. The van der Waals surface area contributed by atoms with Gasteiger partial charge in [-0.3, -0.25) is 0 Å². The maximum atomic E-state index is 6.52. The van der Waals surface area contributed by atoms with Crippen molar-refractivity contribution in [3.05, 3.63) is 0 Å². The molecule has 0 aromatic carbocycles. The second-order valence-corrected chi connectivity index (χ2v) is 4.56. The summed E-state index contributed by atoms with van der Waals surface area (Å²) in [5.74, 6) is 0. The number of rotatable bonds is 7. The molecule has 0 aliphatic heterocycles. The highest BCUT2D eigenvalue weighted by Crippen LogP contribution is 2.32. The van der Waals surface area contributed by atoms with Gasteiger partial charge in [-0.2, -0.15) is 0 Å². The van der Waals surface area contributed by atoms with Crippen molar-refractivity contribution in [3.63, 3.8) is 0 Å². The van der Waals surface area contributed by atoms with Crippen LogP contribution in [0.3, 0.4) is 0 Å². The normalized spacial score (nSPS) is 12.0. The van der Waals surface area contributed by atoms with Gasteiger partial charge < -0.3 is 0 Å². The molecular weight excluding hydrogens is 168 g/mol. The smallest absolute Gasteiger partial charge is 0.0446 e. The zero-order chi connectivity index (χ0) is 9.45. The van der Waals surface area contributed by atoms with Crippen LogP contribution in [0.15, 0.2) is 0 Å². The van der Waals surface area contributed by atoms with E-state index in [2.05, 4.69) is 20.8 Å². The number of halogens is 1. The Morgan fingerprint density at radius 1 is 0.833 bits per heavy atom. The predicted molar refractivity (Wildman–Crippen MR) is 57.9 cm³/mol. The van der Waals surface area contributed by atoms with Gasteiger partial charge in [-0.1, -0.05) is 46.5 Å². The van der Waals surface area contributed by atoms with E-state index in [0.717, 1.165) is 0 Å². The largest absolute Gasteiger partial charge is 0.119 e. The first kappa shape index (κ1) is 12.3. The zero-order valence-electron chi connectivity index (χ0n) is 8.83. The van der Waals surface area contributed by atoms with Crippen LogP contribution in [0.2, 0.25) is 0 Å². The molecule has 0 aliphatic rings. The molecule has 0 nitrogen and oxygen atoms in total. The van der Waals surface area contributed by atoms with E-state index in [4.69, 9.17) is 11.6 Å². The third-order valence-electron chi connectivity index (χ3n) is 2.37. The molecule has 0 amide bonds. The molecule has 12 heavy (non-hydrogen) atoms. The molecular formula is C11H23Cl. The fourth-order valence-corrected chi connectivity index (χ4v) is 2.28. The van der Waals surface area contributed by atoms with Crippen LogP contribution < -0.4 is 0 Å². The Morgan fingerprint density at radius 2 is 1.33 bits per heavy atom. The first-order valence-corrected chi connectivity index (χ1v) is 5.75. The maximum Gasteiger partial charge on any atom is 0.0446 e. The zero-order valence-corrected chi connectivity index (χ0v) is 9.58. The van der Waals surface area contributed by atoms with Crippen molar-refractivity contribution < 1.29 is 0 Å². The second kappa shape index (κ2) is 6.77. The third kappa shape index (κ3) is 5.03.